The van der Waals surface area contributed by atoms with Crippen LogP contribution in [0.4, 0.5) is 5.82 Å². The number of aryl methyl sites for hydroxylation is 1. The van der Waals surface area contributed by atoms with Crippen LogP contribution < -0.4 is 5.32 Å². The Labute approximate surface area is 96.2 Å². The molecule has 2 heterocycles. The lowest BCUT2D eigenvalue weighted by Crippen LogP contribution is -2.18. The third-order valence-corrected chi connectivity index (χ3v) is 2.27. The third kappa shape index (κ3) is 1.92. The van der Waals surface area contributed by atoms with Crippen LogP contribution in [0.1, 0.15) is 17.4 Å². The minimum atomic E-state index is -0.363. The van der Waals surface area contributed by atoms with Crippen molar-refractivity contribution in [3.63, 3.8) is 0 Å². The highest BCUT2D eigenvalue weighted by molar-refractivity contribution is 6.34. The summed E-state index contributed by atoms with van der Waals surface area (Å²) in [5.41, 5.74) is 0.312. The van der Waals surface area contributed by atoms with E-state index in [0.29, 0.717) is 23.1 Å². The lowest BCUT2D eigenvalue weighted by Gasteiger charge is -2.04. The fourth-order valence-electron chi connectivity index (χ4n) is 1.28. The van der Waals surface area contributed by atoms with Gasteiger partial charge in [-0.05, 0) is 6.92 Å². The molecule has 0 saturated carbocycles. The molecule has 0 saturated heterocycles. The molecule has 2 rings (SSSR count). The molecular formula is C9H9ClN4O2. The molecule has 0 aliphatic carbocycles. The predicted octanol–water partition coefficient (Wildman–Crippen LogP) is 1.80. The zero-order valence-electron chi connectivity index (χ0n) is 8.48. The summed E-state index contributed by atoms with van der Waals surface area (Å²) >= 11 is 5.87. The topological polar surface area (TPSA) is 73.0 Å². The van der Waals surface area contributed by atoms with E-state index in [1.54, 1.807) is 6.07 Å². The Morgan fingerprint density at radius 1 is 1.69 bits per heavy atom. The number of nitrogens with one attached hydrogen (secondary N) is 1. The van der Waals surface area contributed by atoms with Gasteiger partial charge in [0.25, 0.3) is 5.91 Å². The maximum Gasteiger partial charge on any atom is 0.276 e. The summed E-state index contributed by atoms with van der Waals surface area (Å²) in [6, 6.07) is 1.54. The van der Waals surface area contributed by atoms with Crippen LogP contribution in [0.5, 0.6) is 0 Å². The van der Waals surface area contributed by atoms with Crippen molar-refractivity contribution in [3.05, 3.63) is 29.2 Å². The largest absolute Gasteiger partial charge is 0.363 e. The lowest BCUT2D eigenvalue weighted by atomic mass is 10.4. The molecule has 0 aliphatic rings. The van der Waals surface area contributed by atoms with Crippen LogP contribution in [0.15, 0.2) is 23.0 Å². The Hall–Kier alpha value is -1.82. The van der Waals surface area contributed by atoms with Crippen molar-refractivity contribution in [3.8, 4) is 0 Å². The minimum absolute atomic E-state index is 0.308. The van der Waals surface area contributed by atoms with Gasteiger partial charge in [0, 0.05) is 12.6 Å². The van der Waals surface area contributed by atoms with Gasteiger partial charge in [0.2, 0.25) is 0 Å². The van der Waals surface area contributed by atoms with Crippen LogP contribution in [0.2, 0.25) is 5.02 Å². The molecule has 2 aromatic heterocycles. The van der Waals surface area contributed by atoms with Crippen molar-refractivity contribution in [1.82, 2.24) is 14.9 Å². The second kappa shape index (κ2) is 4.36. The molecule has 0 unspecified atom stereocenters. The highest BCUT2D eigenvalue weighted by atomic mass is 35.5. The first kappa shape index (κ1) is 10.7. The van der Waals surface area contributed by atoms with Crippen molar-refractivity contribution < 1.29 is 9.32 Å². The normalized spacial score (nSPS) is 10.4. The quantitative estimate of drug-likeness (QED) is 0.888. The van der Waals surface area contributed by atoms with Gasteiger partial charge in [0.15, 0.2) is 5.82 Å². The van der Waals surface area contributed by atoms with E-state index < -0.39 is 0 Å². The Balaban J connectivity index is 2.23. The SMILES string of the molecule is CCn1ncc(Cl)c1C(=O)Nc1ccon1. The van der Waals surface area contributed by atoms with E-state index in [1.807, 2.05) is 6.92 Å². The molecule has 1 N–H and O–H groups in total. The van der Waals surface area contributed by atoms with Crippen LogP contribution in [0, 0.1) is 0 Å². The number of anilines is 1. The summed E-state index contributed by atoms with van der Waals surface area (Å²) < 4.78 is 6.11. The maximum absolute atomic E-state index is 11.8. The van der Waals surface area contributed by atoms with Crippen molar-refractivity contribution in [2.45, 2.75) is 13.5 Å². The molecule has 0 spiro atoms. The Morgan fingerprint density at radius 3 is 3.12 bits per heavy atom. The number of amides is 1. The second-order valence-electron chi connectivity index (χ2n) is 3.00. The van der Waals surface area contributed by atoms with E-state index in [0.717, 1.165) is 0 Å². The number of rotatable bonds is 3. The summed E-state index contributed by atoms with van der Waals surface area (Å²) in [5.74, 6) is -0.0248. The molecule has 0 aromatic carbocycles. The fourth-order valence-corrected chi connectivity index (χ4v) is 1.51. The summed E-state index contributed by atoms with van der Waals surface area (Å²) in [4.78, 5) is 11.8. The molecule has 1 amide bonds. The van der Waals surface area contributed by atoms with Crippen molar-refractivity contribution in [2.75, 3.05) is 5.32 Å². The molecule has 0 fully saturated rings. The maximum atomic E-state index is 11.8. The van der Waals surface area contributed by atoms with Crippen LogP contribution in [-0.4, -0.2) is 20.8 Å². The van der Waals surface area contributed by atoms with E-state index in [-0.39, 0.29) is 5.91 Å². The monoisotopic (exact) mass is 240 g/mol. The van der Waals surface area contributed by atoms with Crippen molar-refractivity contribution >= 4 is 23.3 Å². The van der Waals surface area contributed by atoms with Gasteiger partial charge in [-0.2, -0.15) is 5.10 Å². The van der Waals surface area contributed by atoms with Crippen LogP contribution in [0.25, 0.3) is 0 Å². The molecule has 0 aliphatic heterocycles. The Morgan fingerprint density at radius 2 is 2.50 bits per heavy atom. The Kier molecular flexibility index (Phi) is 2.91. The van der Waals surface area contributed by atoms with Gasteiger partial charge in [-0.1, -0.05) is 16.8 Å². The predicted molar refractivity (Wildman–Crippen MR) is 57.4 cm³/mol. The molecule has 0 bridgehead atoms. The molecule has 7 heteroatoms. The zero-order chi connectivity index (χ0) is 11.5. The first-order valence-corrected chi connectivity index (χ1v) is 5.03. The number of hydrogen-bond acceptors (Lipinski definition) is 4. The van der Waals surface area contributed by atoms with Gasteiger partial charge in [0.05, 0.1) is 11.2 Å². The number of aromatic nitrogens is 3. The smallest absolute Gasteiger partial charge is 0.276 e. The molecule has 2 aromatic rings. The van der Waals surface area contributed by atoms with Crippen molar-refractivity contribution in [1.29, 1.82) is 0 Å². The molecule has 16 heavy (non-hydrogen) atoms. The average molecular weight is 241 g/mol. The number of carbonyl (C=O) groups is 1. The highest BCUT2D eigenvalue weighted by Crippen LogP contribution is 2.16. The van der Waals surface area contributed by atoms with Gasteiger partial charge in [0.1, 0.15) is 12.0 Å². The highest BCUT2D eigenvalue weighted by Gasteiger charge is 2.17. The van der Waals surface area contributed by atoms with E-state index in [4.69, 9.17) is 11.6 Å². The lowest BCUT2D eigenvalue weighted by molar-refractivity contribution is 0.101. The van der Waals surface area contributed by atoms with Crippen LogP contribution >= 0.6 is 11.6 Å². The molecule has 0 atom stereocenters. The van der Waals surface area contributed by atoms with Crippen LogP contribution in [0.3, 0.4) is 0 Å². The number of halogens is 1. The number of nitrogens with zero attached hydrogens (tertiary/aromatic N) is 3. The zero-order valence-corrected chi connectivity index (χ0v) is 9.23. The second-order valence-corrected chi connectivity index (χ2v) is 3.40. The first-order valence-electron chi connectivity index (χ1n) is 4.65. The van der Waals surface area contributed by atoms with Crippen molar-refractivity contribution in [2.24, 2.45) is 0 Å². The summed E-state index contributed by atoms with van der Waals surface area (Å²) in [7, 11) is 0. The van der Waals surface area contributed by atoms with Gasteiger partial charge < -0.3 is 9.84 Å². The molecule has 6 nitrogen and oxygen atoms in total. The summed E-state index contributed by atoms with van der Waals surface area (Å²) in [6.45, 7) is 2.44. The van der Waals surface area contributed by atoms with Gasteiger partial charge in [-0.3, -0.25) is 9.48 Å². The number of carbonyl (C=O) groups excluding carboxylic acids is 1. The summed E-state index contributed by atoms with van der Waals surface area (Å²) in [5, 5.41) is 10.4. The fraction of sp³-hybridized carbons (Fsp3) is 0.222. The molecule has 0 radical (unpaired) electrons. The van der Waals surface area contributed by atoms with Gasteiger partial charge in [-0.15, -0.1) is 0 Å². The minimum Gasteiger partial charge on any atom is -0.363 e. The van der Waals surface area contributed by atoms with Gasteiger partial charge >= 0.3 is 0 Å². The first-order chi connectivity index (χ1) is 7.72. The van der Waals surface area contributed by atoms with Crippen LogP contribution in [-0.2, 0) is 6.54 Å². The van der Waals surface area contributed by atoms with E-state index in [9.17, 15) is 4.79 Å². The van der Waals surface area contributed by atoms with E-state index >= 15 is 0 Å². The molecular weight excluding hydrogens is 232 g/mol. The summed E-state index contributed by atoms with van der Waals surface area (Å²) in [6.07, 6.45) is 2.80. The average Bonchev–Trinajstić information content (AvgIpc) is 2.87. The van der Waals surface area contributed by atoms with E-state index in [1.165, 1.54) is 17.1 Å². The van der Waals surface area contributed by atoms with Gasteiger partial charge in [-0.25, -0.2) is 0 Å². The third-order valence-electron chi connectivity index (χ3n) is 1.99. The van der Waals surface area contributed by atoms with E-state index in [2.05, 4.69) is 20.1 Å². The Bertz CT molecular complexity index is 492. The number of hydrogen-bond donors (Lipinski definition) is 1. The molecule has 84 valence electrons. The standard InChI is InChI=1S/C9H9ClN4O2/c1-2-14-8(6(10)5-11-14)9(15)12-7-3-4-16-13-7/h3-5H,2H2,1H3,(H,12,13,15).